The Morgan fingerprint density at radius 1 is 1.08 bits per heavy atom. The van der Waals surface area contributed by atoms with Gasteiger partial charge < -0.3 is 9.15 Å². The van der Waals surface area contributed by atoms with E-state index in [0.29, 0.717) is 12.5 Å². The zero-order valence-electron chi connectivity index (χ0n) is 13.8. The Hall–Kier alpha value is -2.29. The summed E-state index contributed by atoms with van der Waals surface area (Å²) < 4.78 is 11.2. The molecule has 0 bridgehead atoms. The first-order chi connectivity index (χ1) is 11.8. The molecule has 0 atom stereocenters. The third kappa shape index (κ3) is 3.03. The Balaban J connectivity index is 1.51. The number of esters is 1. The molecule has 1 aliphatic carbocycles. The third-order valence-electron chi connectivity index (χ3n) is 5.08. The predicted octanol–water partition coefficient (Wildman–Crippen LogP) is 5.25. The van der Waals surface area contributed by atoms with Crippen molar-refractivity contribution in [1.82, 2.24) is 0 Å². The zero-order valence-corrected chi connectivity index (χ0v) is 13.8. The van der Waals surface area contributed by atoms with Crippen molar-refractivity contribution in [3.05, 3.63) is 48.2 Å². The van der Waals surface area contributed by atoms with E-state index in [1.807, 2.05) is 24.3 Å². The molecule has 0 amide bonds. The summed E-state index contributed by atoms with van der Waals surface area (Å²) in [6.45, 7) is 0.565. The second-order valence-electron chi connectivity index (χ2n) is 6.78. The largest absolute Gasteiger partial charge is 0.465 e. The molecule has 0 saturated heterocycles. The molecule has 1 saturated carbocycles. The van der Waals surface area contributed by atoms with Gasteiger partial charge in [-0.2, -0.15) is 0 Å². The van der Waals surface area contributed by atoms with Crippen molar-refractivity contribution in [1.29, 1.82) is 0 Å². The molecule has 1 aliphatic rings. The minimum Gasteiger partial charge on any atom is -0.465 e. The quantitative estimate of drug-likeness (QED) is 0.616. The van der Waals surface area contributed by atoms with Gasteiger partial charge >= 0.3 is 5.97 Å². The number of ether oxygens (including phenoxy) is 1. The fourth-order valence-electron chi connectivity index (χ4n) is 3.78. The fourth-order valence-corrected chi connectivity index (χ4v) is 3.78. The summed E-state index contributed by atoms with van der Waals surface area (Å²) in [6, 6.07) is 12.2. The van der Waals surface area contributed by atoms with Gasteiger partial charge in [0, 0.05) is 10.9 Å². The summed E-state index contributed by atoms with van der Waals surface area (Å²) in [5, 5.41) is 3.31. The van der Waals surface area contributed by atoms with E-state index < -0.39 is 0 Å². The normalized spacial score (nSPS) is 15.8. The summed E-state index contributed by atoms with van der Waals surface area (Å²) >= 11 is 0. The van der Waals surface area contributed by atoms with Crippen molar-refractivity contribution in [2.24, 2.45) is 5.92 Å². The van der Waals surface area contributed by atoms with Crippen molar-refractivity contribution in [2.45, 2.75) is 38.5 Å². The molecule has 4 rings (SSSR count). The molecular formula is C21H22O3. The Morgan fingerprint density at radius 2 is 1.92 bits per heavy atom. The third-order valence-corrected chi connectivity index (χ3v) is 5.08. The van der Waals surface area contributed by atoms with E-state index in [4.69, 9.17) is 9.15 Å². The van der Waals surface area contributed by atoms with Crippen molar-refractivity contribution < 1.29 is 13.9 Å². The lowest BCUT2D eigenvalue weighted by molar-refractivity contribution is -0.144. The Bertz CT molecular complexity index is 856. The average Bonchev–Trinajstić information content (AvgIpc) is 3.04. The van der Waals surface area contributed by atoms with Gasteiger partial charge in [0.05, 0.1) is 19.3 Å². The smallest absolute Gasteiger partial charge is 0.310 e. The predicted molar refractivity (Wildman–Crippen MR) is 95.0 cm³/mol. The van der Waals surface area contributed by atoms with Crippen LogP contribution in [0.4, 0.5) is 0 Å². The average molecular weight is 322 g/mol. The van der Waals surface area contributed by atoms with Gasteiger partial charge in [-0.05, 0) is 35.6 Å². The summed E-state index contributed by atoms with van der Waals surface area (Å²) in [7, 11) is 0. The number of benzene rings is 2. The van der Waals surface area contributed by atoms with Crippen molar-refractivity contribution in [3.63, 3.8) is 0 Å². The molecular weight excluding hydrogens is 300 g/mol. The molecule has 3 nitrogen and oxygen atoms in total. The van der Waals surface area contributed by atoms with Gasteiger partial charge in [0.1, 0.15) is 5.58 Å². The molecule has 124 valence electrons. The molecule has 1 heterocycles. The second kappa shape index (κ2) is 6.68. The van der Waals surface area contributed by atoms with Gasteiger partial charge in [0.25, 0.3) is 0 Å². The second-order valence-corrected chi connectivity index (χ2v) is 6.78. The minimum absolute atomic E-state index is 0.156. The van der Waals surface area contributed by atoms with E-state index >= 15 is 0 Å². The lowest BCUT2D eigenvalue weighted by Gasteiger charge is -2.20. The monoisotopic (exact) mass is 322 g/mol. The number of hydrogen-bond donors (Lipinski definition) is 0. The van der Waals surface area contributed by atoms with Crippen LogP contribution in [0.2, 0.25) is 0 Å². The van der Waals surface area contributed by atoms with Crippen LogP contribution in [-0.2, 0) is 16.0 Å². The fraction of sp³-hybridized carbons (Fsp3) is 0.381. The van der Waals surface area contributed by atoms with Crippen LogP contribution in [0, 0.1) is 5.92 Å². The summed E-state index contributed by atoms with van der Waals surface area (Å²) in [5.41, 5.74) is 1.74. The zero-order chi connectivity index (χ0) is 16.4. The van der Waals surface area contributed by atoms with Gasteiger partial charge in [0.2, 0.25) is 0 Å². The van der Waals surface area contributed by atoms with Gasteiger partial charge in [-0.15, -0.1) is 0 Å². The van der Waals surface area contributed by atoms with Crippen LogP contribution in [0.1, 0.15) is 37.7 Å². The number of furan rings is 1. The molecule has 3 aromatic rings. The van der Waals surface area contributed by atoms with E-state index in [1.165, 1.54) is 32.1 Å². The van der Waals surface area contributed by atoms with Crippen molar-refractivity contribution in [3.8, 4) is 0 Å². The first-order valence-corrected chi connectivity index (χ1v) is 8.85. The number of fused-ring (bicyclic) bond motifs is 3. The van der Waals surface area contributed by atoms with Gasteiger partial charge in [0.15, 0.2) is 0 Å². The van der Waals surface area contributed by atoms with Gasteiger partial charge in [-0.25, -0.2) is 0 Å². The highest BCUT2D eigenvalue weighted by Crippen LogP contribution is 2.30. The van der Waals surface area contributed by atoms with Crippen LogP contribution in [0.15, 0.2) is 47.1 Å². The molecule has 3 heteroatoms. The lowest BCUT2D eigenvalue weighted by atomic mass is 9.90. The van der Waals surface area contributed by atoms with Gasteiger partial charge in [-0.3, -0.25) is 4.79 Å². The van der Waals surface area contributed by atoms with E-state index in [0.717, 1.165) is 27.3 Å². The molecule has 0 N–H and O–H groups in total. The molecule has 1 fully saturated rings. The lowest BCUT2D eigenvalue weighted by Crippen LogP contribution is -2.17. The Labute approximate surface area is 141 Å². The highest BCUT2D eigenvalue weighted by atomic mass is 16.5. The summed E-state index contributed by atoms with van der Waals surface area (Å²) in [6.07, 6.45) is 8.19. The number of carbonyl (C=O) groups excluding carboxylic acids is 1. The van der Waals surface area contributed by atoms with Crippen LogP contribution >= 0.6 is 0 Å². The van der Waals surface area contributed by atoms with E-state index in [2.05, 4.69) is 12.1 Å². The summed E-state index contributed by atoms with van der Waals surface area (Å²) in [5.74, 6) is 0.390. The van der Waals surface area contributed by atoms with Crippen molar-refractivity contribution >= 4 is 27.7 Å². The molecule has 24 heavy (non-hydrogen) atoms. The van der Waals surface area contributed by atoms with E-state index in [9.17, 15) is 4.79 Å². The maximum absolute atomic E-state index is 12.3. The highest BCUT2D eigenvalue weighted by Gasteiger charge is 2.17. The van der Waals surface area contributed by atoms with Gasteiger partial charge in [-0.1, -0.05) is 49.6 Å². The van der Waals surface area contributed by atoms with E-state index in [-0.39, 0.29) is 12.4 Å². The van der Waals surface area contributed by atoms with Crippen LogP contribution in [0.5, 0.6) is 0 Å². The Kier molecular flexibility index (Phi) is 4.24. The van der Waals surface area contributed by atoms with Crippen LogP contribution in [0.25, 0.3) is 21.7 Å². The minimum atomic E-state index is -0.156. The highest BCUT2D eigenvalue weighted by molar-refractivity contribution is 6.08. The maximum Gasteiger partial charge on any atom is 0.310 e. The van der Waals surface area contributed by atoms with Crippen molar-refractivity contribution in [2.75, 3.05) is 6.61 Å². The summed E-state index contributed by atoms with van der Waals surface area (Å²) in [4.78, 5) is 12.3. The maximum atomic E-state index is 12.3. The molecule has 0 spiro atoms. The Morgan fingerprint density at radius 3 is 2.79 bits per heavy atom. The standard InChI is InChI=1S/C21H22O3/c22-20(24-13-15-6-2-1-3-7-15)12-17-14-23-19-11-10-16-8-4-5-9-18(16)21(17)19/h4-5,8-11,14-15H,1-3,6-7,12-13H2. The first-order valence-electron chi connectivity index (χ1n) is 8.85. The van der Waals surface area contributed by atoms with E-state index in [1.54, 1.807) is 6.26 Å². The SMILES string of the molecule is O=C(Cc1coc2ccc3ccccc3c12)OCC1CCCCC1. The molecule has 1 aromatic heterocycles. The van der Waals surface area contributed by atoms with Crippen LogP contribution in [-0.4, -0.2) is 12.6 Å². The number of rotatable bonds is 4. The number of carbonyl (C=O) groups is 1. The van der Waals surface area contributed by atoms with Crippen LogP contribution < -0.4 is 0 Å². The molecule has 0 aliphatic heterocycles. The molecule has 0 radical (unpaired) electrons. The number of hydrogen-bond acceptors (Lipinski definition) is 3. The molecule has 2 aromatic carbocycles. The molecule has 0 unspecified atom stereocenters. The van der Waals surface area contributed by atoms with Crippen LogP contribution in [0.3, 0.4) is 0 Å². The first kappa shape index (κ1) is 15.3. The topological polar surface area (TPSA) is 39.4 Å².